The number of hydrogen-bond donors (Lipinski definition) is 4. The zero-order valence-electron chi connectivity index (χ0n) is 17.4. The lowest BCUT2D eigenvalue weighted by Gasteiger charge is -2.24. The monoisotopic (exact) mass is 404 g/mol. The molecule has 0 aliphatic carbocycles. The standard InChI is InChI=1S/C21H32N4O4/c1-21(2,3)29-20(28)23-17(13-15-7-5-4-6-8-15)19(27)25-24-18(26)14-16-9-11-22-12-10-16/h4-8,16-17,22H,9-14H2,1-3H3,(H,23,28)(H,24,26)(H,25,27)/t17-/m0/s1. The van der Waals surface area contributed by atoms with Crippen molar-refractivity contribution in [2.75, 3.05) is 13.1 Å². The van der Waals surface area contributed by atoms with Crippen LogP contribution in [-0.4, -0.2) is 42.6 Å². The van der Waals surface area contributed by atoms with E-state index in [1.807, 2.05) is 30.3 Å². The van der Waals surface area contributed by atoms with Gasteiger partial charge in [-0.2, -0.15) is 0 Å². The summed E-state index contributed by atoms with van der Waals surface area (Å²) >= 11 is 0. The number of nitrogens with one attached hydrogen (secondary N) is 4. The first-order valence-corrected chi connectivity index (χ1v) is 10.1. The van der Waals surface area contributed by atoms with Crippen LogP contribution in [0.2, 0.25) is 0 Å². The van der Waals surface area contributed by atoms with E-state index in [1.54, 1.807) is 20.8 Å². The van der Waals surface area contributed by atoms with Gasteiger partial charge in [0.05, 0.1) is 0 Å². The minimum atomic E-state index is -0.883. The average Bonchev–Trinajstić information content (AvgIpc) is 2.66. The Bertz CT molecular complexity index is 682. The molecule has 1 heterocycles. The van der Waals surface area contributed by atoms with E-state index in [0.29, 0.717) is 12.3 Å². The van der Waals surface area contributed by atoms with Gasteiger partial charge in [-0.25, -0.2) is 4.79 Å². The average molecular weight is 405 g/mol. The minimum Gasteiger partial charge on any atom is -0.444 e. The number of carbonyl (C=O) groups excluding carboxylic acids is 3. The van der Waals surface area contributed by atoms with Gasteiger partial charge in [-0.05, 0) is 58.2 Å². The molecule has 1 aromatic rings. The molecule has 1 saturated heterocycles. The van der Waals surface area contributed by atoms with E-state index in [4.69, 9.17) is 4.74 Å². The van der Waals surface area contributed by atoms with Crippen molar-refractivity contribution >= 4 is 17.9 Å². The lowest BCUT2D eigenvalue weighted by molar-refractivity contribution is -0.130. The highest BCUT2D eigenvalue weighted by molar-refractivity contribution is 5.88. The van der Waals surface area contributed by atoms with Gasteiger partial charge in [0.1, 0.15) is 11.6 Å². The SMILES string of the molecule is CC(C)(C)OC(=O)N[C@@H](Cc1ccccc1)C(=O)NNC(=O)CC1CCNCC1. The number of carbonyl (C=O) groups is 3. The summed E-state index contributed by atoms with van der Waals surface area (Å²) in [6.45, 7) is 7.06. The van der Waals surface area contributed by atoms with Gasteiger partial charge in [0, 0.05) is 12.8 Å². The Kier molecular flexibility index (Phi) is 8.45. The molecule has 0 saturated carbocycles. The second kappa shape index (κ2) is 10.8. The van der Waals surface area contributed by atoms with Gasteiger partial charge in [-0.3, -0.25) is 20.4 Å². The molecule has 8 nitrogen and oxygen atoms in total. The summed E-state index contributed by atoms with van der Waals surface area (Å²) in [5.41, 5.74) is 5.10. The summed E-state index contributed by atoms with van der Waals surface area (Å²) in [5, 5.41) is 5.85. The first kappa shape index (κ1) is 22.7. The number of hydrogen-bond acceptors (Lipinski definition) is 5. The molecule has 1 aliphatic rings. The van der Waals surface area contributed by atoms with Crippen LogP contribution in [0.15, 0.2) is 30.3 Å². The predicted molar refractivity (Wildman–Crippen MR) is 110 cm³/mol. The zero-order chi connectivity index (χ0) is 21.3. The van der Waals surface area contributed by atoms with Crippen molar-refractivity contribution in [3.05, 3.63) is 35.9 Å². The molecule has 1 aliphatic heterocycles. The Morgan fingerprint density at radius 2 is 1.76 bits per heavy atom. The van der Waals surface area contributed by atoms with Crippen LogP contribution >= 0.6 is 0 Å². The maximum atomic E-state index is 12.6. The predicted octanol–water partition coefficient (Wildman–Crippen LogP) is 1.66. The molecule has 160 valence electrons. The van der Waals surface area contributed by atoms with Crippen molar-refractivity contribution in [3.63, 3.8) is 0 Å². The minimum absolute atomic E-state index is 0.235. The van der Waals surface area contributed by atoms with Gasteiger partial charge in [-0.1, -0.05) is 30.3 Å². The number of amides is 3. The van der Waals surface area contributed by atoms with Crippen molar-refractivity contribution < 1.29 is 19.1 Å². The van der Waals surface area contributed by atoms with Crippen LogP contribution in [0, 0.1) is 5.92 Å². The van der Waals surface area contributed by atoms with Crippen LogP contribution in [0.1, 0.15) is 45.6 Å². The van der Waals surface area contributed by atoms with Crippen LogP contribution in [0.3, 0.4) is 0 Å². The third-order valence-electron chi connectivity index (χ3n) is 4.55. The number of alkyl carbamates (subject to hydrolysis) is 1. The summed E-state index contributed by atoms with van der Waals surface area (Å²) in [6.07, 6.45) is 1.84. The number of piperidine rings is 1. The van der Waals surface area contributed by atoms with Crippen LogP contribution in [-0.2, 0) is 20.7 Å². The highest BCUT2D eigenvalue weighted by Crippen LogP contribution is 2.15. The van der Waals surface area contributed by atoms with Gasteiger partial charge in [-0.15, -0.1) is 0 Å². The van der Waals surface area contributed by atoms with Gasteiger partial charge >= 0.3 is 6.09 Å². The molecule has 8 heteroatoms. The van der Waals surface area contributed by atoms with E-state index >= 15 is 0 Å². The molecule has 0 radical (unpaired) electrons. The second-order valence-electron chi connectivity index (χ2n) is 8.32. The number of hydrazine groups is 1. The van der Waals surface area contributed by atoms with E-state index in [9.17, 15) is 14.4 Å². The van der Waals surface area contributed by atoms with Gasteiger partial charge in [0.15, 0.2) is 0 Å². The van der Waals surface area contributed by atoms with E-state index in [-0.39, 0.29) is 12.3 Å². The quantitative estimate of drug-likeness (QED) is 0.539. The molecule has 1 fully saturated rings. The van der Waals surface area contributed by atoms with Crippen LogP contribution in [0.4, 0.5) is 4.79 Å². The number of benzene rings is 1. The zero-order valence-corrected chi connectivity index (χ0v) is 17.4. The highest BCUT2D eigenvalue weighted by atomic mass is 16.6. The van der Waals surface area contributed by atoms with Crippen molar-refractivity contribution in [1.29, 1.82) is 0 Å². The van der Waals surface area contributed by atoms with Crippen molar-refractivity contribution in [2.24, 2.45) is 5.92 Å². The third-order valence-corrected chi connectivity index (χ3v) is 4.55. The Balaban J connectivity index is 1.92. The third kappa shape index (κ3) is 8.95. The maximum absolute atomic E-state index is 12.6. The molecule has 0 aromatic heterocycles. The summed E-state index contributed by atoms with van der Waals surface area (Å²) in [6, 6.07) is 8.45. The Hall–Kier alpha value is -2.61. The highest BCUT2D eigenvalue weighted by Gasteiger charge is 2.25. The summed E-state index contributed by atoms with van der Waals surface area (Å²) in [5.74, 6) is -0.424. The summed E-state index contributed by atoms with van der Waals surface area (Å²) < 4.78 is 5.26. The topological polar surface area (TPSA) is 109 Å². The van der Waals surface area contributed by atoms with Crippen molar-refractivity contribution in [3.8, 4) is 0 Å². The van der Waals surface area contributed by atoms with Crippen molar-refractivity contribution in [1.82, 2.24) is 21.5 Å². The largest absolute Gasteiger partial charge is 0.444 e. The fourth-order valence-corrected chi connectivity index (χ4v) is 3.13. The molecule has 3 amide bonds. The first-order chi connectivity index (χ1) is 13.7. The van der Waals surface area contributed by atoms with Gasteiger partial charge in [0.2, 0.25) is 5.91 Å². The Morgan fingerprint density at radius 3 is 2.38 bits per heavy atom. The lowest BCUT2D eigenvalue weighted by atomic mass is 9.94. The van der Waals surface area contributed by atoms with Crippen LogP contribution < -0.4 is 21.5 Å². The molecule has 1 aromatic carbocycles. The Labute approximate surface area is 172 Å². The van der Waals surface area contributed by atoms with Crippen LogP contribution in [0.5, 0.6) is 0 Å². The second-order valence-corrected chi connectivity index (χ2v) is 8.32. The lowest BCUT2D eigenvalue weighted by Crippen LogP contribution is -2.54. The van der Waals surface area contributed by atoms with E-state index in [1.165, 1.54) is 0 Å². The fraction of sp³-hybridized carbons (Fsp3) is 0.571. The fourth-order valence-electron chi connectivity index (χ4n) is 3.13. The molecule has 0 bridgehead atoms. The van der Waals surface area contributed by atoms with E-state index < -0.39 is 23.6 Å². The first-order valence-electron chi connectivity index (χ1n) is 10.1. The number of ether oxygens (including phenoxy) is 1. The molecule has 29 heavy (non-hydrogen) atoms. The molecule has 0 unspecified atom stereocenters. The van der Waals surface area contributed by atoms with Gasteiger partial charge in [0.25, 0.3) is 5.91 Å². The van der Waals surface area contributed by atoms with E-state index in [2.05, 4.69) is 21.5 Å². The molecule has 0 spiro atoms. The summed E-state index contributed by atoms with van der Waals surface area (Å²) in [7, 11) is 0. The normalized spacial score (nSPS) is 15.8. The molecule has 1 atom stereocenters. The smallest absolute Gasteiger partial charge is 0.408 e. The van der Waals surface area contributed by atoms with Gasteiger partial charge < -0.3 is 15.4 Å². The summed E-state index contributed by atoms with van der Waals surface area (Å²) in [4.78, 5) is 36.9. The molecular weight excluding hydrogens is 372 g/mol. The molecule has 2 rings (SSSR count). The van der Waals surface area contributed by atoms with Crippen molar-refractivity contribution in [2.45, 2.75) is 58.1 Å². The number of rotatable bonds is 6. The van der Waals surface area contributed by atoms with Crippen LogP contribution in [0.25, 0.3) is 0 Å². The molecular formula is C21H32N4O4. The molecule has 4 N–H and O–H groups in total. The van der Waals surface area contributed by atoms with E-state index in [0.717, 1.165) is 31.5 Å². The maximum Gasteiger partial charge on any atom is 0.408 e. The Morgan fingerprint density at radius 1 is 1.10 bits per heavy atom.